The minimum absolute atomic E-state index is 0.215. The molecular formula is C19H31NO. The number of rotatable bonds is 6. The Balaban J connectivity index is 1.82. The molecule has 21 heavy (non-hydrogen) atoms. The lowest BCUT2D eigenvalue weighted by atomic mass is 9.75. The number of hydrogen-bond acceptors (Lipinski definition) is 2. The Morgan fingerprint density at radius 2 is 1.67 bits per heavy atom. The van der Waals surface area contributed by atoms with Gasteiger partial charge in [-0.25, -0.2) is 0 Å². The predicted octanol–water partition coefficient (Wildman–Crippen LogP) is 4.48. The average molecular weight is 289 g/mol. The van der Waals surface area contributed by atoms with Gasteiger partial charge in [0.05, 0.1) is 0 Å². The quantitative estimate of drug-likeness (QED) is 0.765. The fourth-order valence-electron chi connectivity index (χ4n) is 2.79. The van der Waals surface area contributed by atoms with Crippen molar-refractivity contribution in [2.75, 3.05) is 26.2 Å². The lowest BCUT2D eigenvalue weighted by Crippen LogP contribution is -2.33. The molecular weight excluding hydrogens is 258 g/mol. The molecule has 0 saturated carbocycles. The van der Waals surface area contributed by atoms with Gasteiger partial charge in [-0.2, -0.15) is 0 Å². The van der Waals surface area contributed by atoms with Gasteiger partial charge in [-0.1, -0.05) is 46.2 Å². The monoisotopic (exact) mass is 289 g/mol. The molecule has 1 aliphatic rings. The molecule has 1 heterocycles. The standard InChI is InChI=1S/C19H31NO/c1-16(2)19(3,4)17-8-10-18(11-9-17)21-15-14-20-12-6-5-7-13-20/h8-11,16H,5-7,12-15H2,1-4H3. The second-order valence-electron chi connectivity index (χ2n) is 7.15. The van der Waals surface area contributed by atoms with E-state index in [1.165, 1.54) is 37.9 Å². The van der Waals surface area contributed by atoms with Gasteiger partial charge < -0.3 is 4.74 Å². The lowest BCUT2D eigenvalue weighted by Gasteiger charge is -2.30. The third kappa shape index (κ3) is 4.47. The summed E-state index contributed by atoms with van der Waals surface area (Å²) in [6, 6.07) is 8.68. The average Bonchev–Trinajstić information content (AvgIpc) is 2.49. The van der Waals surface area contributed by atoms with Crippen molar-refractivity contribution in [3.05, 3.63) is 29.8 Å². The number of nitrogens with zero attached hydrogens (tertiary/aromatic N) is 1. The summed E-state index contributed by atoms with van der Waals surface area (Å²) < 4.78 is 5.90. The van der Waals surface area contributed by atoms with Gasteiger partial charge in [-0.3, -0.25) is 4.90 Å². The first kappa shape index (κ1) is 16.4. The fourth-order valence-corrected chi connectivity index (χ4v) is 2.79. The van der Waals surface area contributed by atoms with Crippen LogP contribution in [-0.4, -0.2) is 31.1 Å². The smallest absolute Gasteiger partial charge is 0.119 e. The van der Waals surface area contributed by atoms with Crippen LogP contribution >= 0.6 is 0 Å². The first-order chi connectivity index (χ1) is 10.00. The van der Waals surface area contributed by atoms with E-state index in [9.17, 15) is 0 Å². The highest BCUT2D eigenvalue weighted by atomic mass is 16.5. The maximum atomic E-state index is 5.90. The Labute approximate surface area is 130 Å². The van der Waals surface area contributed by atoms with Crippen LogP contribution in [0.5, 0.6) is 5.75 Å². The van der Waals surface area contributed by atoms with Crippen molar-refractivity contribution in [2.45, 2.75) is 52.4 Å². The third-order valence-corrected chi connectivity index (χ3v) is 5.17. The summed E-state index contributed by atoms with van der Waals surface area (Å²) in [4.78, 5) is 2.51. The first-order valence-electron chi connectivity index (χ1n) is 8.46. The molecule has 0 spiro atoms. The van der Waals surface area contributed by atoms with Crippen LogP contribution in [0.3, 0.4) is 0 Å². The first-order valence-corrected chi connectivity index (χ1v) is 8.46. The molecule has 0 bridgehead atoms. The zero-order chi connectivity index (χ0) is 15.3. The topological polar surface area (TPSA) is 12.5 Å². The highest BCUT2D eigenvalue weighted by molar-refractivity contribution is 5.31. The maximum absolute atomic E-state index is 5.90. The molecule has 1 fully saturated rings. The van der Waals surface area contributed by atoms with Crippen molar-refractivity contribution in [3.8, 4) is 5.75 Å². The van der Waals surface area contributed by atoms with Gasteiger partial charge >= 0.3 is 0 Å². The molecule has 0 aliphatic carbocycles. The van der Waals surface area contributed by atoms with Gasteiger partial charge in [0.15, 0.2) is 0 Å². The molecule has 1 aromatic carbocycles. The SMILES string of the molecule is CC(C)C(C)(C)c1ccc(OCCN2CCCCC2)cc1. The number of benzene rings is 1. The van der Waals surface area contributed by atoms with Crippen molar-refractivity contribution in [3.63, 3.8) is 0 Å². The summed E-state index contributed by atoms with van der Waals surface area (Å²) in [5.41, 5.74) is 1.60. The van der Waals surface area contributed by atoms with Crippen LogP contribution in [0.25, 0.3) is 0 Å². The Morgan fingerprint density at radius 3 is 2.24 bits per heavy atom. The third-order valence-electron chi connectivity index (χ3n) is 5.17. The Hall–Kier alpha value is -1.02. The molecule has 0 radical (unpaired) electrons. The van der Waals surface area contributed by atoms with E-state index in [0.29, 0.717) is 5.92 Å². The Morgan fingerprint density at radius 1 is 1.05 bits per heavy atom. The molecule has 1 aliphatic heterocycles. The van der Waals surface area contributed by atoms with Crippen LogP contribution in [0.1, 0.15) is 52.5 Å². The zero-order valence-corrected chi connectivity index (χ0v) is 14.2. The van der Waals surface area contributed by atoms with E-state index in [0.717, 1.165) is 18.9 Å². The highest BCUT2D eigenvalue weighted by Gasteiger charge is 2.24. The molecule has 118 valence electrons. The van der Waals surface area contributed by atoms with Gasteiger partial charge in [0, 0.05) is 6.54 Å². The van der Waals surface area contributed by atoms with Gasteiger partial charge in [0.1, 0.15) is 12.4 Å². The van der Waals surface area contributed by atoms with Crippen molar-refractivity contribution < 1.29 is 4.74 Å². The van der Waals surface area contributed by atoms with Crippen LogP contribution in [0.2, 0.25) is 0 Å². The predicted molar refractivity (Wildman–Crippen MR) is 90.1 cm³/mol. The number of likely N-dealkylation sites (tertiary alicyclic amines) is 1. The van der Waals surface area contributed by atoms with Crippen molar-refractivity contribution in [1.29, 1.82) is 0 Å². The molecule has 2 nitrogen and oxygen atoms in total. The molecule has 0 N–H and O–H groups in total. The van der Waals surface area contributed by atoms with Crippen molar-refractivity contribution in [1.82, 2.24) is 4.90 Å². The molecule has 0 amide bonds. The molecule has 0 unspecified atom stereocenters. The summed E-state index contributed by atoms with van der Waals surface area (Å²) in [6.45, 7) is 13.5. The summed E-state index contributed by atoms with van der Waals surface area (Å²) in [6.07, 6.45) is 4.09. The van der Waals surface area contributed by atoms with Crippen molar-refractivity contribution in [2.24, 2.45) is 5.92 Å². The number of piperidine rings is 1. The Kier molecular flexibility index (Phi) is 5.69. The van der Waals surface area contributed by atoms with Crippen LogP contribution in [0.15, 0.2) is 24.3 Å². The van der Waals surface area contributed by atoms with E-state index < -0.39 is 0 Å². The minimum atomic E-state index is 0.215. The molecule has 0 aromatic heterocycles. The van der Waals surface area contributed by atoms with Gasteiger partial charge in [-0.05, 0) is 55.0 Å². The van der Waals surface area contributed by atoms with Crippen LogP contribution in [0, 0.1) is 5.92 Å². The van der Waals surface area contributed by atoms with E-state index in [-0.39, 0.29) is 5.41 Å². The zero-order valence-electron chi connectivity index (χ0n) is 14.2. The molecule has 1 aromatic rings. The van der Waals surface area contributed by atoms with E-state index in [4.69, 9.17) is 4.74 Å². The summed E-state index contributed by atoms with van der Waals surface area (Å²) in [7, 11) is 0. The Bertz CT molecular complexity index is 416. The van der Waals surface area contributed by atoms with Gasteiger partial charge in [-0.15, -0.1) is 0 Å². The largest absolute Gasteiger partial charge is 0.492 e. The molecule has 1 saturated heterocycles. The van der Waals surface area contributed by atoms with Crippen molar-refractivity contribution >= 4 is 0 Å². The highest BCUT2D eigenvalue weighted by Crippen LogP contribution is 2.32. The van der Waals surface area contributed by atoms with Crippen LogP contribution in [0.4, 0.5) is 0 Å². The van der Waals surface area contributed by atoms with Gasteiger partial charge in [0.2, 0.25) is 0 Å². The molecule has 2 rings (SSSR count). The van der Waals surface area contributed by atoms with E-state index >= 15 is 0 Å². The minimum Gasteiger partial charge on any atom is -0.492 e. The van der Waals surface area contributed by atoms with Crippen LogP contribution < -0.4 is 4.74 Å². The van der Waals surface area contributed by atoms with E-state index in [2.05, 4.69) is 56.9 Å². The number of hydrogen-bond donors (Lipinski definition) is 0. The normalized spacial score (nSPS) is 17.2. The van der Waals surface area contributed by atoms with Crippen LogP contribution in [-0.2, 0) is 5.41 Å². The lowest BCUT2D eigenvalue weighted by molar-refractivity contribution is 0.183. The summed E-state index contributed by atoms with van der Waals surface area (Å²) in [5.74, 6) is 1.62. The second kappa shape index (κ2) is 7.31. The van der Waals surface area contributed by atoms with Gasteiger partial charge in [0.25, 0.3) is 0 Å². The maximum Gasteiger partial charge on any atom is 0.119 e. The summed E-state index contributed by atoms with van der Waals surface area (Å²) >= 11 is 0. The second-order valence-corrected chi connectivity index (χ2v) is 7.15. The van der Waals surface area contributed by atoms with E-state index in [1.54, 1.807) is 0 Å². The molecule has 2 heteroatoms. The number of ether oxygens (including phenoxy) is 1. The molecule has 0 atom stereocenters. The fraction of sp³-hybridized carbons (Fsp3) is 0.684. The van der Waals surface area contributed by atoms with E-state index in [1.807, 2.05) is 0 Å². The summed E-state index contributed by atoms with van der Waals surface area (Å²) in [5, 5.41) is 0.